The number of ether oxygens (including phenoxy) is 2. The summed E-state index contributed by atoms with van der Waals surface area (Å²) in [5, 5.41) is 9.45. The molecule has 1 aliphatic heterocycles. The third-order valence-electron chi connectivity index (χ3n) is 4.87. The maximum Gasteiger partial charge on any atom is 0.326 e. The predicted molar refractivity (Wildman–Crippen MR) is 94.3 cm³/mol. The van der Waals surface area contributed by atoms with Crippen molar-refractivity contribution in [3.8, 4) is 11.5 Å². The number of amides is 1. The minimum atomic E-state index is -0.925. The number of piperidine rings is 1. The number of carbonyl (C=O) groups excluding carboxylic acids is 1. The van der Waals surface area contributed by atoms with E-state index in [9.17, 15) is 14.7 Å². The highest BCUT2D eigenvalue weighted by atomic mass is 16.5. The lowest BCUT2D eigenvalue weighted by Gasteiger charge is -2.35. The zero-order valence-electron chi connectivity index (χ0n) is 15.4. The zero-order valence-corrected chi connectivity index (χ0v) is 15.4. The molecule has 0 bridgehead atoms. The van der Waals surface area contributed by atoms with Crippen LogP contribution in [0.2, 0.25) is 0 Å². The third-order valence-corrected chi connectivity index (χ3v) is 4.87. The van der Waals surface area contributed by atoms with Crippen molar-refractivity contribution in [1.82, 2.24) is 4.90 Å². The molecule has 6 nitrogen and oxygen atoms in total. The fourth-order valence-corrected chi connectivity index (χ4v) is 3.59. The summed E-state index contributed by atoms with van der Waals surface area (Å²) >= 11 is 0. The van der Waals surface area contributed by atoms with E-state index in [-0.39, 0.29) is 5.91 Å². The van der Waals surface area contributed by atoms with Crippen LogP contribution >= 0.6 is 0 Å². The van der Waals surface area contributed by atoms with E-state index in [1.54, 1.807) is 14.2 Å². The molecule has 2 atom stereocenters. The number of likely N-dealkylation sites (tertiary alicyclic amines) is 1. The summed E-state index contributed by atoms with van der Waals surface area (Å²) in [6.45, 7) is 4.34. The van der Waals surface area contributed by atoms with Crippen molar-refractivity contribution in [1.29, 1.82) is 0 Å². The van der Waals surface area contributed by atoms with Gasteiger partial charge in [0.05, 0.1) is 20.1 Å². The van der Waals surface area contributed by atoms with Crippen molar-refractivity contribution < 1.29 is 24.2 Å². The first-order valence-electron chi connectivity index (χ1n) is 8.70. The average molecular weight is 349 g/mol. The molecule has 138 valence electrons. The Hall–Kier alpha value is -2.24. The Kier molecular flexibility index (Phi) is 6.28. The number of hydrogen-bond donors (Lipinski definition) is 1. The molecular weight excluding hydrogens is 322 g/mol. The van der Waals surface area contributed by atoms with Gasteiger partial charge in [-0.25, -0.2) is 4.79 Å². The van der Waals surface area contributed by atoms with Gasteiger partial charge in [0.1, 0.15) is 6.04 Å². The van der Waals surface area contributed by atoms with Crippen LogP contribution in [0.15, 0.2) is 12.1 Å². The van der Waals surface area contributed by atoms with Crippen molar-refractivity contribution in [2.24, 2.45) is 0 Å². The summed E-state index contributed by atoms with van der Waals surface area (Å²) in [6, 6.07) is 3.02. The molecule has 1 aromatic carbocycles. The third kappa shape index (κ3) is 3.89. The van der Waals surface area contributed by atoms with Gasteiger partial charge in [-0.15, -0.1) is 0 Å². The zero-order chi connectivity index (χ0) is 18.6. The number of carbonyl (C=O) groups is 2. The summed E-state index contributed by atoms with van der Waals surface area (Å²) in [5.41, 5.74) is 1.72. The smallest absolute Gasteiger partial charge is 0.326 e. The van der Waals surface area contributed by atoms with Gasteiger partial charge in [0, 0.05) is 6.54 Å². The quantitative estimate of drug-likeness (QED) is 0.854. The molecule has 2 rings (SSSR count). The van der Waals surface area contributed by atoms with E-state index in [1.165, 1.54) is 4.90 Å². The lowest BCUT2D eigenvalue weighted by atomic mass is 9.91. The molecule has 1 heterocycles. The van der Waals surface area contributed by atoms with Gasteiger partial charge in [0.2, 0.25) is 5.91 Å². The second-order valence-electron chi connectivity index (χ2n) is 6.42. The number of benzene rings is 1. The normalized spacial score (nSPS) is 18.6. The largest absolute Gasteiger partial charge is 0.493 e. The van der Waals surface area contributed by atoms with E-state index >= 15 is 0 Å². The first kappa shape index (κ1) is 19.1. The summed E-state index contributed by atoms with van der Waals surface area (Å²) in [4.78, 5) is 26.2. The second-order valence-corrected chi connectivity index (χ2v) is 6.42. The Morgan fingerprint density at radius 3 is 2.56 bits per heavy atom. The lowest BCUT2D eigenvalue weighted by Crippen LogP contribution is -2.49. The Morgan fingerprint density at radius 2 is 2.00 bits per heavy atom. The van der Waals surface area contributed by atoms with Crippen molar-refractivity contribution in [2.45, 2.75) is 51.5 Å². The number of rotatable bonds is 6. The molecule has 0 radical (unpaired) electrons. The van der Waals surface area contributed by atoms with Crippen molar-refractivity contribution in [2.75, 3.05) is 20.8 Å². The number of aryl methyl sites for hydroxylation is 1. The van der Waals surface area contributed by atoms with Crippen molar-refractivity contribution in [3.63, 3.8) is 0 Å². The van der Waals surface area contributed by atoms with E-state index < -0.39 is 17.9 Å². The van der Waals surface area contributed by atoms with Crippen LogP contribution in [0.3, 0.4) is 0 Å². The topological polar surface area (TPSA) is 76.1 Å². The van der Waals surface area contributed by atoms with E-state index in [0.29, 0.717) is 30.9 Å². The van der Waals surface area contributed by atoms with Crippen LogP contribution in [-0.2, 0) is 9.59 Å². The van der Waals surface area contributed by atoms with E-state index in [1.807, 2.05) is 26.0 Å². The molecule has 1 saturated heterocycles. The first-order valence-corrected chi connectivity index (χ1v) is 8.70. The van der Waals surface area contributed by atoms with Gasteiger partial charge >= 0.3 is 5.97 Å². The van der Waals surface area contributed by atoms with Gasteiger partial charge in [-0.1, -0.05) is 13.0 Å². The molecule has 0 unspecified atom stereocenters. The Morgan fingerprint density at radius 1 is 1.28 bits per heavy atom. The highest BCUT2D eigenvalue weighted by Gasteiger charge is 2.35. The monoisotopic (exact) mass is 349 g/mol. The van der Waals surface area contributed by atoms with Crippen LogP contribution in [0.25, 0.3) is 0 Å². The fraction of sp³-hybridized carbons (Fsp3) is 0.579. The maximum absolute atomic E-state index is 13.1. The second kappa shape index (κ2) is 8.23. The molecule has 1 aromatic rings. The number of carboxylic acids is 1. The van der Waals surface area contributed by atoms with E-state index in [0.717, 1.165) is 24.0 Å². The number of nitrogens with zero attached hydrogens (tertiary/aromatic N) is 1. The summed E-state index contributed by atoms with van der Waals surface area (Å²) in [5.74, 6) is -0.210. The van der Waals surface area contributed by atoms with Crippen LogP contribution in [0, 0.1) is 6.92 Å². The number of hydrogen-bond acceptors (Lipinski definition) is 4. The summed E-state index contributed by atoms with van der Waals surface area (Å²) in [7, 11) is 3.15. The average Bonchev–Trinajstić information content (AvgIpc) is 2.61. The lowest BCUT2D eigenvalue weighted by molar-refractivity contribution is -0.152. The van der Waals surface area contributed by atoms with Gasteiger partial charge < -0.3 is 19.5 Å². The molecule has 0 spiro atoms. The van der Waals surface area contributed by atoms with Crippen LogP contribution < -0.4 is 9.47 Å². The molecule has 1 fully saturated rings. The molecular formula is C19H27NO5. The maximum atomic E-state index is 13.1. The first-order chi connectivity index (χ1) is 11.9. The standard InChI is InChI=1S/C19H27NO5/c1-5-14(13-10-12(2)17(25-4)16(11-13)24-3)18(21)20-9-7-6-8-15(20)19(22)23/h10-11,14-15H,5-9H2,1-4H3,(H,22,23)/t14-,15-/m0/s1. The van der Waals surface area contributed by atoms with Crippen LogP contribution in [0.1, 0.15) is 49.7 Å². The highest BCUT2D eigenvalue weighted by molar-refractivity contribution is 5.88. The Labute approximate surface area is 148 Å². The van der Waals surface area contributed by atoms with Gasteiger partial charge in [0.15, 0.2) is 11.5 Å². The summed E-state index contributed by atoms with van der Waals surface area (Å²) < 4.78 is 10.8. The summed E-state index contributed by atoms with van der Waals surface area (Å²) in [6.07, 6.45) is 2.79. The number of methoxy groups -OCH3 is 2. The van der Waals surface area contributed by atoms with Crippen molar-refractivity contribution in [3.05, 3.63) is 23.3 Å². The van der Waals surface area contributed by atoms with Gasteiger partial charge in [-0.3, -0.25) is 4.79 Å². The van der Waals surface area contributed by atoms with Crippen LogP contribution in [-0.4, -0.2) is 48.7 Å². The number of aliphatic carboxylic acids is 1. The number of carboxylic acid groups (broad SMARTS) is 1. The minimum absolute atomic E-state index is 0.124. The highest BCUT2D eigenvalue weighted by Crippen LogP contribution is 2.36. The molecule has 0 aliphatic carbocycles. The van der Waals surface area contributed by atoms with Gasteiger partial charge in [-0.05, 0) is 49.8 Å². The van der Waals surface area contributed by atoms with E-state index in [4.69, 9.17) is 9.47 Å². The molecule has 0 aromatic heterocycles. The van der Waals surface area contributed by atoms with E-state index in [2.05, 4.69) is 0 Å². The van der Waals surface area contributed by atoms with Gasteiger partial charge in [-0.2, -0.15) is 0 Å². The molecule has 1 aliphatic rings. The minimum Gasteiger partial charge on any atom is -0.493 e. The SMILES string of the molecule is CC[C@H](C(=O)N1CCCC[C@H]1C(=O)O)c1cc(C)c(OC)c(OC)c1. The Bertz CT molecular complexity index is 643. The van der Waals surface area contributed by atoms with Gasteiger partial charge in [0.25, 0.3) is 0 Å². The van der Waals surface area contributed by atoms with Crippen LogP contribution in [0.4, 0.5) is 0 Å². The Balaban J connectivity index is 2.37. The molecule has 6 heteroatoms. The predicted octanol–water partition coefficient (Wildman–Crippen LogP) is 2.97. The fourth-order valence-electron chi connectivity index (χ4n) is 3.59. The van der Waals surface area contributed by atoms with Crippen molar-refractivity contribution >= 4 is 11.9 Å². The molecule has 0 saturated carbocycles. The molecule has 1 amide bonds. The van der Waals surface area contributed by atoms with Crippen LogP contribution in [0.5, 0.6) is 11.5 Å². The molecule has 1 N–H and O–H groups in total. The molecule has 25 heavy (non-hydrogen) atoms.